The van der Waals surface area contributed by atoms with Crippen molar-refractivity contribution in [3.05, 3.63) is 59.2 Å². The first-order chi connectivity index (χ1) is 13.1. The molecule has 0 saturated heterocycles. The number of hydrogen-bond donors (Lipinski definition) is 0. The molecule has 4 nitrogen and oxygen atoms in total. The minimum atomic E-state index is -0.0227. The number of likely N-dealkylation sites (N-methyl/N-ethyl adjacent to an activating group) is 1. The van der Waals surface area contributed by atoms with Crippen LogP contribution in [0.1, 0.15) is 35.4 Å². The molecule has 27 heavy (non-hydrogen) atoms. The lowest BCUT2D eigenvalue weighted by Crippen LogP contribution is -2.22. The van der Waals surface area contributed by atoms with E-state index >= 15 is 0 Å². The molecule has 144 valence electrons. The second kappa shape index (κ2) is 10.6. The fraction of sp³-hybridized carbons (Fsp3) is 0.435. The van der Waals surface area contributed by atoms with E-state index in [-0.39, 0.29) is 5.92 Å². The topological polar surface area (TPSA) is 45.5 Å². The lowest BCUT2D eigenvalue weighted by Gasteiger charge is -2.18. The molecule has 0 aliphatic rings. The first-order valence-electron chi connectivity index (χ1n) is 9.43. The van der Waals surface area contributed by atoms with Crippen LogP contribution in [0.3, 0.4) is 0 Å². The van der Waals surface area contributed by atoms with Crippen LogP contribution in [0.2, 0.25) is 0 Å². The molecule has 0 fully saturated rings. The smallest absolute Gasteiger partial charge is 0.160 e. The number of aryl methyl sites for hydroxylation is 1. The molecule has 0 spiro atoms. The first kappa shape index (κ1) is 20.8. The highest BCUT2D eigenvalue weighted by atomic mass is 16.5. The number of hydrogen-bond acceptors (Lipinski definition) is 4. The minimum absolute atomic E-state index is 0.0227. The highest BCUT2D eigenvalue weighted by Crippen LogP contribution is 2.28. The molecular formula is C23H30N2O2. The third kappa shape index (κ3) is 6.01. The van der Waals surface area contributed by atoms with Crippen molar-refractivity contribution < 1.29 is 9.47 Å². The number of ether oxygens (including phenoxy) is 2. The van der Waals surface area contributed by atoms with E-state index < -0.39 is 0 Å². The van der Waals surface area contributed by atoms with Crippen LogP contribution < -0.4 is 9.47 Å². The van der Waals surface area contributed by atoms with Crippen LogP contribution in [0.15, 0.2) is 42.5 Å². The molecule has 0 radical (unpaired) electrons. The summed E-state index contributed by atoms with van der Waals surface area (Å²) in [5.41, 5.74) is 3.59. The summed E-state index contributed by atoms with van der Waals surface area (Å²) in [4.78, 5) is 2.32. The van der Waals surface area contributed by atoms with Crippen molar-refractivity contribution in [2.24, 2.45) is 0 Å². The molecule has 1 atom stereocenters. The van der Waals surface area contributed by atoms with Crippen LogP contribution in [0.25, 0.3) is 0 Å². The predicted octanol–water partition coefficient (Wildman–Crippen LogP) is 4.57. The molecule has 0 amide bonds. The summed E-state index contributed by atoms with van der Waals surface area (Å²) in [6, 6.07) is 16.7. The van der Waals surface area contributed by atoms with E-state index in [1.807, 2.05) is 24.3 Å². The van der Waals surface area contributed by atoms with Gasteiger partial charge >= 0.3 is 0 Å². The fourth-order valence-electron chi connectivity index (χ4n) is 3.30. The van der Waals surface area contributed by atoms with Gasteiger partial charge in [-0.05, 0) is 68.6 Å². The zero-order valence-electron chi connectivity index (χ0n) is 16.9. The van der Waals surface area contributed by atoms with E-state index in [2.05, 4.69) is 43.1 Å². The van der Waals surface area contributed by atoms with E-state index in [1.165, 1.54) is 11.1 Å². The van der Waals surface area contributed by atoms with E-state index in [4.69, 9.17) is 9.47 Å². The Kier molecular flexibility index (Phi) is 8.16. The molecule has 0 heterocycles. The molecule has 0 N–H and O–H groups in total. The Labute approximate surface area is 163 Å². The quantitative estimate of drug-likeness (QED) is 0.618. The largest absolute Gasteiger partial charge is 0.493 e. The Hall–Kier alpha value is -2.51. The average Bonchev–Trinajstić information content (AvgIpc) is 2.70. The van der Waals surface area contributed by atoms with Gasteiger partial charge in [0.2, 0.25) is 0 Å². The number of benzene rings is 2. The van der Waals surface area contributed by atoms with Crippen molar-refractivity contribution in [2.45, 2.75) is 32.1 Å². The van der Waals surface area contributed by atoms with Crippen molar-refractivity contribution in [1.29, 1.82) is 5.26 Å². The van der Waals surface area contributed by atoms with Gasteiger partial charge in [0.1, 0.15) is 0 Å². The van der Waals surface area contributed by atoms with Gasteiger partial charge in [0.15, 0.2) is 11.5 Å². The third-order valence-corrected chi connectivity index (χ3v) is 4.98. The van der Waals surface area contributed by atoms with Crippen molar-refractivity contribution >= 4 is 0 Å². The number of nitrogens with zero attached hydrogens (tertiary/aromatic N) is 2. The van der Waals surface area contributed by atoms with Gasteiger partial charge < -0.3 is 14.4 Å². The monoisotopic (exact) mass is 366 g/mol. The second-order valence-corrected chi connectivity index (χ2v) is 6.92. The van der Waals surface area contributed by atoms with Gasteiger partial charge in [0.05, 0.1) is 26.2 Å². The summed E-state index contributed by atoms with van der Waals surface area (Å²) in [5, 5.41) is 9.53. The van der Waals surface area contributed by atoms with E-state index in [9.17, 15) is 5.26 Å². The minimum Gasteiger partial charge on any atom is -0.493 e. The highest BCUT2D eigenvalue weighted by Gasteiger charge is 2.13. The van der Waals surface area contributed by atoms with E-state index in [0.717, 1.165) is 49.4 Å². The molecule has 0 bridgehead atoms. The van der Waals surface area contributed by atoms with Gasteiger partial charge in [0.25, 0.3) is 0 Å². The van der Waals surface area contributed by atoms with Crippen molar-refractivity contribution in [3.63, 3.8) is 0 Å². The molecule has 0 aliphatic heterocycles. The van der Waals surface area contributed by atoms with Gasteiger partial charge in [-0.1, -0.05) is 30.3 Å². The van der Waals surface area contributed by atoms with Crippen LogP contribution >= 0.6 is 0 Å². The van der Waals surface area contributed by atoms with Crippen LogP contribution in [-0.4, -0.2) is 39.3 Å². The van der Waals surface area contributed by atoms with Crippen molar-refractivity contribution in [3.8, 4) is 17.6 Å². The van der Waals surface area contributed by atoms with Crippen LogP contribution in [0.4, 0.5) is 0 Å². The summed E-state index contributed by atoms with van der Waals surface area (Å²) < 4.78 is 10.7. The zero-order valence-corrected chi connectivity index (χ0v) is 16.9. The molecule has 1 unspecified atom stereocenters. The van der Waals surface area contributed by atoms with Gasteiger partial charge in [-0.2, -0.15) is 5.26 Å². The van der Waals surface area contributed by atoms with Crippen LogP contribution in [-0.2, 0) is 6.42 Å². The van der Waals surface area contributed by atoms with Gasteiger partial charge in [-0.3, -0.25) is 0 Å². The predicted molar refractivity (Wildman–Crippen MR) is 110 cm³/mol. The van der Waals surface area contributed by atoms with E-state index in [0.29, 0.717) is 0 Å². The second-order valence-electron chi connectivity index (χ2n) is 6.92. The normalized spacial score (nSPS) is 11.9. The highest BCUT2D eigenvalue weighted by molar-refractivity contribution is 5.43. The Bertz CT molecular complexity index is 767. The molecule has 2 rings (SSSR count). The maximum absolute atomic E-state index is 9.53. The van der Waals surface area contributed by atoms with Crippen molar-refractivity contribution in [1.82, 2.24) is 4.90 Å². The molecule has 0 aromatic heterocycles. The van der Waals surface area contributed by atoms with Crippen LogP contribution in [0, 0.1) is 18.3 Å². The SMILES string of the molecule is COc1ccc(CCN(C)CCCC(C#N)c2ccccc2C)cc1OC. The summed E-state index contributed by atoms with van der Waals surface area (Å²) >= 11 is 0. The summed E-state index contributed by atoms with van der Waals surface area (Å²) in [5.74, 6) is 1.51. The standard InChI is InChI=1S/C23H30N2O2/c1-18-8-5-6-10-21(18)20(17-24)9-7-14-25(2)15-13-19-11-12-22(26-3)23(16-19)27-4/h5-6,8,10-12,16,20H,7,9,13-15H2,1-4H3. The first-order valence-corrected chi connectivity index (χ1v) is 9.43. The Balaban J connectivity index is 1.80. The average molecular weight is 367 g/mol. The zero-order chi connectivity index (χ0) is 19.6. The Morgan fingerprint density at radius 2 is 1.78 bits per heavy atom. The lowest BCUT2D eigenvalue weighted by atomic mass is 9.92. The molecular weight excluding hydrogens is 336 g/mol. The number of rotatable bonds is 10. The Morgan fingerprint density at radius 1 is 1.04 bits per heavy atom. The molecule has 2 aromatic carbocycles. The lowest BCUT2D eigenvalue weighted by molar-refractivity contribution is 0.327. The maximum atomic E-state index is 9.53. The molecule has 0 aliphatic carbocycles. The third-order valence-electron chi connectivity index (χ3n) is 4.98. The number of nitriles is 1. The maximum Gasteiger partial charge on any atom is 0.160 e. The molecule has 2 aromatic rings. The summed E-state index contributed by atoms with van der Waals surface area (Å²) in [6.07, 6.45) is 2.85. The molecule has 0 saturated carbocycles. The van der Waals surface area contributed by atoms with Gasteiger partial charge in [0, 0.05) is 6.54 Å². The van der Waals surface area contributed by atoms with Gasteiger partial charge in [-0.25, -0.2) is 0 Å². The number of methoxy groups -OCH3 is 2. The fourth-order valence-corrected chi connectivity index (χ4v) is 3.30. The van der Waals surface area contributed by atoms with Gasteiger partial charge in [-0.15, -0.1) is 0 Å². The van der Waals surface area contributed by atoms with Crippen LogP contribution in [0.5, 0.6) is 11.5 Å². The molecule has 4 heteroatoms. The summed E-state index contributed by atoms with van der Waals surface area (Å²) in [7, 11) is 5.44. The summed E-state index contributed by atoms with van der Waals surface area (Å²) in [6.45, 7) is 4.03. The van der Waals surface area contributed by atoms with E-state index in [1.54, 1.807) is 14.2 Å². The van der Waals surface area contributed by atoms with Crippen molar-refractivity contribution in [2.75, 3.05) is 34.4 Å². The Morgan fingerprint density at radius 3 is 2.44 bits per heavy atom.